The monoisotopic (exact) mass is 270 g/mol. The van der Waals surface area contributed by atoms with Gasteiger partial charge in [0.1, 0.15) is 10.6 Å². The Labute approximate surface area is 105 Å². The molecular weight excluding hydrogens is 256 g/mol. The number of anilines is 1. The molecular formula is C11H14N2O4S. The molecule has 0 unspecified atom stereocenters. The number of sulfonamides is 1. The number of rotatable bonds is 2. The topological polar surface area (TPSA) is 98.5 Å². The number of methoxy groups -OCH3 is 1. The number of ether oxygens (including phenoxy) is 1. The number of aryl methyl sites for hydroxylation is 1. The highest BCUT2D eigenvalue weighted by atomic mass is 32.2. The van der Waals surface area contributed by atoms with Gasteiger partial charge in [-0.15, -0.1) is 0 Å². The van der Waals surface area contributed by atoms with Gasteiger partial charge in [0, 0.05) is 18.2 Å². The first-order chi connectivity index (χ1) is 8.41. The first-order valence-corrected chi connectivity index (χ1v) is 7.00. The number of carbonyl (C=O) groups is 1. The van der Waals surface area contributed by atoms with Gasteiger partial charge < -0.3 is 10.1 Å². The lowest BCUT2D eigenvalue weighted by Gasteiger charge is -2.12. The highest BCUT2D eigenvalue weighted by Gasteiger charge is 2.21. The smallest absolute Gasteiger partial charge is 0.241 e. The number of hydrogen-bond donors (Lipinski definition) is 2. The van der Waals surface area contributed by atoms with E-state index in [1.807, 2.05) is 0 Å². The molecule has 18 heavy (non-hydrogen) atoms. The molecule has 0 saturated heterocycles. The van der Waals surface area contributed by atoms with Crippen LogP contribution in [0.2, 0.25) is 0 Å². The maximum absolute atomic E-state index is 11.5. The number of nitrogens with one attached hydrogen (secondary N) is 1. The molecule has 0 fully saturated rings. The van der Waals surface area contributed by atoms with Crippen LogP contribution >= 0.6 is 0 Å². The summed E-state index contributed by atoms with van der Waals surface area (Å²) in [6.45, 7) is 0. The number of fused-ring (bicyclic) bond motifs is 1. The summed E-state index contributed by atoms with van der Waals surface area (Å²) in [5, 5.41) is 7.86. The highest BCUT2D eigenvalue weighted by Crippen LogP contribution is 2.32. The second kappa shape index (κ2) is 4.58. The minimum atomic E-state index is -3.84. The van der Waals surface area contributed by atoms with Gasteiger partial charge >= 0.3 is 0 Å². The minimum Gasteiger partial charge on any atom is -0.495 e. The molecule has 98 valence electrons. The molecule has 2 rings (SSSR count). The number of benzene rings is 1. The average molecular weight is 270 g/mol. The molecule has 1 amide bonds. The Bertz CT molecular complexity index is 595. The lowest BCUT2D eigenvalue weighted by atomic mass is 10.1. The van der Waals surface area contributed by atoms with Gasteiger partial charge in [0.25, 0.3) is 0 Å². The zero-order valence-corrected chi connectivity index (χ0v) is 10.7. The molecule has 0 atom stereocenters. The molecule has 1 aromatic carbocycles. The van der Waals surface area contributed by atoms with Crippen molar-refractivity contribution < 1.29 is 17.9 Å². The maximum atomic E-state index is 11.5. The zero-order valence-electron chi connectivity index (χ0n) is 9.89. The van der Waals surface area contributed by atoms with Crippen molar-refractivity contribution >= 4 is 21.6 Å². The average Bonchev–Trinajstić information content (AvgIpc) is 2.46. The fourth-order valence-electron chi connectivity index (χ4n) is 1.96. The van der Waals surface area contributed by atoms with Crippen LogP contribution in [0, 0.1) is 0 Å². The Hall–Kier alpha value is -1.60. The van der Waals surface area contributed by atoms with Gasteiger partial charge in [0.05, 0.1) is 7.11 Å². The summed E-state index contributed by atoms with van der Waals surface area (Å²) in [6.07, 6.45) is 1.72. The molecule has 0 bridgehead atoms. The van der Waals surface area contributed by atoms with Crippen LogP contribution in [-0.4, -0.2) is 21.4 Å². The first kappa shape index (κ1) is 12.8. The summed E-state index contributed by atoms with van der Waals surface area (Å²) in [5.41, 5.74) is 1.34. The van der Waals surface area contributed by atoms with E-state index >= 15 is 0 Å². The second-order valence-corrected chi connectivity index (χ2v) is 5.64. The van der Waals surface area contributed by atoms with Crippen molar-refractivity contribution in [2.45, 2.75) is 24.2 Å². The third-order valence-electron chi connectivity index (χ3n) is 2.82. The predicted octanol–water partition coefficient (Wildman–Crippen LogP) is 0.617. The van der Waals surface area contributed by atoms with E-state index in [1.54, 1.807) is 0 Å². The zero-order chi connectivity index (χ0) is 13.3. The molecule has 6 nitrogen and oxygen atoms in total. The SMILES string of the molecule is COc1cc2c(cc1S(N)(=O)=O)CCCC(=O)N2. The largest absolute Gasteiger partial charge is 0.495 e. The van der Waals surface area contributed by atoms with Crippen molar-refractivity contribution in [1.29, 1.82) is 0 Å². The molecule has 0 radical (unpaired) electrons. The number of nitrogens with two attached hydrogens (primary N) is 1. The van der Waals surface area contributed by atoms with Crippen molar-refractivity contribution in [2.24, 2.45) is 5.14 Å². The summed E-state index contributed by atoms with van der Waals surface area (Å²) < 4.78 is 27.9. The van der Waals surface area contributed by atoms with Crippen LogP contribution in [0.3, 0.4) is 0 Å². The molecule has 0 saturated carbocycles. The molecule has 1 aliphatic rings. The van der Waals surface area contributed by atoms with Gasteiger partial charge in [-0.05, 0) is 24.5 Å². The minimum absolute atomic E-state index is 0.0556. The van der Waals surface area contributed by atoms with Gasteiger partial charge in [-0.2, -0.15) is 0 Å². The van der Waals surface area contributed by atoms with Gasteiger partial charge in [-0.1, -0.05) is 0 Å². The lowest BCUT2D eigenvalue weighted by molar-refractivity contribution is -0.116. The third kappa shape index (κ3) is 2.46. The normalized spacial score (nSPS) is 15.6. The fraction of sp³-hybridized carbons (Fsp3) is 0.364. The molecule has 7 heteroatoms. The number of carbonyl (C=O) groups excluding carboxylic acids is 1. The molecule has 1 aromatic rings. The standard InChI is InChI=1S/C11H14N2O4S/c1-17-9-6-8-7(3-2-4-11(14)13-8)5-10(9)18(12,15)16/h5-6H,2-4H2,1H3,(H,13,14)(H2,12,15,16). The Morgan fingerprint density at radius 1 is 1.33 bits per heavy atom. The van der Waals surface area contributed by atoms with Crippen molar-refractivity contribution in [3.05, 3.63) is 17.7 Å². The number of primary sulfonamides is 1. The molecule has 0 aliphatic carbocycles. The Morgan fingerprint density at radius 2 is 2.06 bits per heavy atom. The van der Waals surface area contributed by atoms with Crippen LogP contribution in [0.1, 0.15) is 18.4 Å². The van der Waals surface area contributed by atoms with Crippen LogP contribution in [-0.2, 0) is 21.2 Å². The van der Waals surface area contributed by atoms with Crippen LogP contribution in [0.4, 0.5) is 5.69 Å². The molecule has 0 spiro atoms. The Balaban J connectivity index is 2.60. The fourth-order valence-corrected chi connectivity index (χ4v) is 2.69. The first-order valence-electron chi connectivity index (χ1n) is 5.45. The van der Waals surface area contributed by atoms with Crippen molar-refractivity contribution in [2.75, 3.05) is 12.4 Å². The lowest BCUT2D eigenvalue weighted by Crippen LogP contribution is -2.15. The van der Waals surface area contributed by atoms with E-state index in [1.165, 1.54) is 19.2 Å². The van der Waals surface area contributed by atoms with E-state index in [2.05, 4.69) is 5.32 Å². The summed E-state index contributed by atoms with van der Waals surface area (Å²) in [7, 11) is -2.49. The molecule has 3 N–H and O–H groups in total. The Morgan fingerprint density at radius 3 is 2.67 bits per heavy atom. The summed E-state index contributed by atoms with van der Waals surface area (Å²) in [6, 6.07) is 2.97. The van der Waals surface area contributed by atoms with E-state index in [4.69, 9.17) is 9.88 Å². The van der Waals surface area contributed by atoms with Crippen LogP contribution in [0.25, 0.3) is 0 Å². The van der Waals surface area contributed by atoms with Crippen LogP contribution < -0.4 is 15.2 Å². The summed E-state index contributed by atoms with van der Waals surface area (Å²) in [4.78, 5) is 11.4. The van der Waals surface area contributed by atoms with E-state index in [-0.39, 0.29) is 16.6 Å². The van der Waals surface area contributed by atoms with Crippen molar-refractivity contribution in [3.8, 4) is 5.75 Å². The van der Waals surface area contributed by atoms with Crippen LogP contribution in [0.5, 0.6) is 5.75 Å². The highest BCUT2D eigenvalue weighted by molar-refractivity contribution is 7.89. The van der Waals surface area contributed by atoms with E-state index in [0.717, 1.165) is 5.56 Å². The van der Waals surface area contributed by atoms with Gasteiger partial charge in [-0.25, -0.2) is 13.6 Å². The van der Waals surface area contributed by atoms with E-state index < -0.39 is 10.0 Å². The molecule has 1 heterocycles. The molecule has 1 aliphatic heterocycles. The maximum Gasteiger partial charge on any atom is 0.241 e. The summed E-state index contributed by atoms with van der Waals surface area (Å²) in [5.74, 6) is 0.0533. The molecule has 0 aromatic heterocycles. The second-order valence-electron chi connectivity index (χ2n) is 4.11. The number of amides is 1. The predicted molar refractivity (Wildman–Crippen MR) is 65.9 cm³/mol. The third-order valence-corrected chi connectivity index (χ3v) is 3.75. The van der Waals surface area contributed by atoms with Gasteiger partial charge in [0.2, 0.25) is 15.9 Å². The van der Waals surface area contributed by atoms with Crippen molar-refractivity contribution in [1.82, 2.24) is 0 Å². The summed E-state index contributed by atoms with van der Waals surface area (Å²) >= 11 is 0. The Kier molecular flexibility index (Phi) is 3.27. The van der Waals surface area contributed by atoms with Crippen LogP contribution in [0.15, 0.2) is 17.0 Å². The quantitative estimate of drug-likeness (QED) is 0.822. The van der Waals surface area contributed by atoms with E-state index in [9.17, 15) is 13.2 Å². The van der Waals surface area contributed by atoms with Gasteiger partial charge in [-0.3, -0.25) is 4.79 Å². The number of hydrogen-bond acceptors (Lipinski definition) is 4. The van der Waals surface area contributed by atoms with Crippen molar-refractivity contribution in [3.63, 3.8) is 0 Å². The van der Waals surface area contributed by atoms with Gasteiger partial charge in [0.15, 0.2) is 0 Å². The van der Waals surface area contributed by atoms with E-state index in [0.29, 0.717) is 24.9 Å².